The van der Waals surface area contributed by atoms with Crippen molar-refractivity contribution >= 4 is 23.2 Å². The molecule has 0 aliphatic rings. The summed E-state index contributed by atoms with van der Waals surface area (Å²) in [5.74, 6) is -1.37. The molecule has 8 heteroatoms. The van der Waals surface area contributed by atoms with Crippen molar-refractivity contribution in [1.82, 2.24) is 0 Å². The minimum atomic E-state index is -3.01. The van der Waals surface area contributed by atoms with Gasteiger partial charge >= 0.3 is 6.61 Å². The molecule has 0 aliphatic carbocycles. The molecule has 0 aliphatic heterocycles. The summed E-state index contributed by atoms with van der Waals surface area (Å²) in [5.41, 5.74) is 0.428. The van der Waals surface area contributed by atoms with E-state index in [1.807, 2.05) is 0 Å². The molecule has 4 nitrogen and oxygen atoms in total. The van der Waals surface area contributed by atoms with Gasteiger partial charge in [-0.2, -0.15) is 8.78 Å². The fourth-order valence-corrected chi connectivity index (χ4v) is 1.96. The average molecular weight is 346 g/mol. The Kier molecular flexibility index (Phi) is 5.33. The van der Waals surface area contributed by atoms with Gasteiger partial charge in [0, 0.05) is 11.3 Å². The van der Waals surface area contributed by atoms with Gasteiger partial charge in [0.2, 0.25) is 0 Å². The number of ether oxygens (including phenoxy) is 2. The quantitative estimate of drug-likeness (QED) is 0.876. The fourth-order valence-electron chi connectivity index (χ4n) is 1.78. The van der Waals surface area contributed by atoms with Crippen LogP contribution in [0.25, 0.3) is 0 Å². The van der Waals surface area contributed by atoms with Gasteiger partial charge in [-0.25, -0.2) is 4.39 Å². The molecule has 0 fully saturated rings. The zero-order valence-electron chi connectivity index (χ0n) is 11.8. The fraction of sp³-hybridized carbons (Fsp3) is 0.133. The first-order valence-corrected chi connectivity index (χ1v) is 6.67. The maximum absolute atomic E-state index is 13.1. The predicted molar refractivity (Wildman–Crippen MR) is 79.0 cm³/mol. The maximum atomic E-state index is 13.1. The highest BCUT2D eigenvalue weighted by atomic mass is 35.5. The lowest BCUT2D eigenvalue weighted by Crippen LogP contribution is -2.12. The van der Waals surface area contributed by atoms with Gasteiger partial charge in [0.15, 0.2) is 11.5 Å². The smallest absolute Gasteiger partial charge is 0.387 e. The molecule has 2 aromatic carbocycles. The number of nitrogens with one attached hydrogen (secondary N) is 1. The molecule has 0 saturated heterocycles. The molecule has 122 valence electrons. The van der Waals surface area contributed by atoms with Crippen molar-refractivity contribution in [1.29, 1.82) is 0 Å². The Morgan fingerprint density at radius 2 is 1.91 bits per heavy atom. The number of amides is 1. The Labute approximate surface area is 134 Å². The van der Waals surface area contributed by atoms with Crippen LogP contribution in [0.15, 0.2) is 36.4 Å². The van der Waals surface area contributed by atoms with E-state index in [9.17, 15) is 18.0 Å². The number of anilines is 1. The van der Waals surface area contributed by atoms with E-state index < -0.39 is 18.3 Å². The van der Waals surface area contributed by atoms with Crippen molar-refractivity contribution in [3.05, 3.63) is 52.8 Å². The largest absolute Gasteiger partial charge is 0.493 e. The first kappa shape index (κ1) is 17.0. The Morgan fingerprint density at radius 1 is 1.17 bits per heavy atom. The van der Waals surface area contributed by atoms with E-state index in [-0.39, 0.29) is 27.8 Å². The van der Waals surface area contributed by atoms with Gasteiger partial charge in [-0.05, 0) is 36.4 Å². The van der Waals surface area contributed by atoms with E-state index in [1.54, 1.807) is 0 Å². The van der Waals surface area contributed by atoms with E-state index in [1.165, 1.54) is 37.4 Å². The van der Waals surface area contributed by atoms with Crippen molar-refractivity contribution in [2.45, 2.75) is 6.61 Å². The van der Waals surface area contributed by atoms with Crippen LogP contribution in [0.2, 0.25) is 5.02 Å². The lowest BCUT2D eigenvalue weighted by Gasteiger charge is -2.11. The van der Waals surface area contributed by atoms with Crippen molar-refractivity contribution in [3.8, 4) is 11.5 Å². The van der Waals surface area contributed by atoms with E-state index in [2.05, 4.69) is 10.1 Å². The SMILES string of the molecule is COc1cc(C(=O)Nc2ccc(F)c(Cl)c2)ccc1OC(F)F. The van der Waals surface area contributed by atoms with Gasteiger partial charge in [0.1, 0.15) is 5.82 Å². The molecule has 1 N–H and O–H groups in total. The maximum Gasteiger partial charge on any atom is 0.387 e. The summed E-state index contributed by atoms with van der Waals surface area (Å²) in [6.45, 7) is -3.01. The zero-order valence-corrected chi connectivity index (χ0v) is 12.5. The molecule has 0 radical (unpaired) electrons. The molecule has 0 saturated carbocycles. The molecule has 0 aromatic heterocycles. The zero-order chi connectivity index (χ0) is 17.0. The number of alkyl halides is 2. The first-order chi connectivity index (χ1) is 10.9. The third-order valence-corrected chi connectivity index (χ3v) is 3.11. The molecular weight excluding hydrogens is 335 g/mol. The van der Waals surface area contributed by atoms with E-state index in [0.29, 0.717) is 0 Å². The van der Waals surface area contributed by atoms with Crippen LogP contribution in [-0.2, 0) is 0 Å². The number of hydrogen-bond donors (Lipinski definition) is 1. The Bertz CT molecular complexity index is 725. The second kappa shape index (κ2) is 7.23. The van der Waals surface area contributed by atoms with Crippen LogP contribution in [0.4, 0.5) is 18.9 Å². The third kappa shape index (κ3) is 4.29. The number of hydrogen-bond acceptors (Lipinski definition) is 3. The van der Waals surface area contributed by atoms with E-state index in [0.717, 1.165) is 6.07 Å². The van der Waals surface area contributed by atoms with Crippen LogP contribution < -0.4 is 14.8 Å². The van der Waals surface area contributed by atoms with Crippen LogP contribution in [0.5, 0.6) is 11.5 Å². The van der Waals surface area contributed by atoms with Crippen molar-refractivity contribution in [3.63, 3.8) is 0 Å². The van der Waals surface area contributed by atoms with Crippen molar-refractivity contribution < 1.29 is 27.4 Å². The highest BCUT2D eigenvalue weighted by molar-refractivity contribution is 6.31. The van der Waals surface area contributed by atoms with Gasteiger partial charge in [-0.1, -0.05) is 11.6 Å². The predicted octanol–water partition coefficient (Wildman–Crippen LogP) is 4.34. The lowest BCUT2D eigenvalue weighted by molar-refractivity contribution is -0.0512. The number of halogens is 4. The lowest BCUT2D eigenvalue weighted by atomic mass is 10.2. The number of methoxy groups -OCH3 is 1. The first-order valence-electron chi connectivity index (χ1n) is 6.30. The number of rotatable bonds is 5. The van der Waals surface area contributed by atoms with Gasteiger partial charge < -0.3 is 14.8 Å². The minimum absolute atomic E-state index is 0.0184. The average Bonchev–Trinajstić information content (AvgIpc) is 2.50. The summed E-state index contributed by atoms with van der Waals surface area (Å²) in [6, 6.07) is 7.43. The van der Waals surface area contributed by atoms with E-state index >= 15 is 0 Å². The Hall–Kier alpha value is -2.41. The van der Waals surface area contributed by atoms with Gasteiger partial charge in [0.25, 0.3) is 5.91 Å². The van der Waals surface area contributed by atoms with Crippen LogP contribution in [0.3, 0.4) is 0 Å². The normalized spacial score (nSPS) is 10.5. The molecular formula is C15H11ClF3NO3. The van der Waals surface area contributed by atoms with Gasteiger partial charge in [-0.3, -0.25) is 4.79 Å². The summed E-state index contributed by atoms with van der Waals surface area (Å²) < 4.78 is 46.8. The van der Waals surface area contributed by atoms with E-state index in [4.69, 9.17) is 16.3 Å². The highest BCUT2D eigenvalue weighted by Gasteiger charge is 2.14. The number of benzene rings is 2. The second-order valence-electron chi connectivity index (χ2n) is 4.33. The summed E-state index contributed by atoms with van der Waals surface area (Å²) in [5, 5.41) is 2.37. The third-order valence-electron chi connectivity index (χ3n) is 2.82. The number of carbonyl (C=O) groups excluding carboxylic acids is 1. The topological polar surface area (TPSA) is 47.6 Å². The molecule has 1 amide bonds. The molecule has 0 atom stereocenters. The minimum Gasteiger partial charge on any atom is -0.493 e. The highest BCUT2D eigenvalue weighted by Crippen LogP contribution is 2.30. The van der Waals surface area contributed by atoms with Crippen molar-refractivity contribution in [2.24, 2.45) is 0 Å². The molecule has 23 heavy (non-hydrogen) atoms. The van der Waals surface area contributed by atoms with Gasteiger partial charge in [0.05, 0.1) is 12.1 Å². The number of carbonyl (C=O) groups is 1. The Morgan fingerprint density at radius 3 is 2.52 bits per heavy atom. The molecule has 0 heterocycles. The second-order valence-corrected chi connectivity index (χ2v) is 4.73. The molecule has 0 bridgehead atoms. The van der Waals surface area contributed by atoms with Crippen LogP contribution in [0.1, 0.15) is 10.4 Å². The molecule has 2 rings (SSSR count). The van der Waals surface area contributed by atoms with Gasteiger partial charge in [-0.15, -0.1) is 0 Å². The summed E-state index contributed by atoms with van der Waals surface area (Å²) in [6.07, 6.45) is 0. The summed E-state index contributed by atoms with van der Waals surface area (Å²) >= 11 is 5.63. The Balaban J connectivity index is 2.20. The molecule has 0 spiro atoms. The summed E-state index contributed by atoms with van der Waals surface area (Å²) in [7, 11) is 1.26. The van der Waals surface area contributed by atoms with Crippen LogP contribution in [-0.4, -0.2) is 19.6 Å². The van der Waals surface area contributed by atoms with Crippen LogP contribution in [0, 0.1) is 5.82 Å². The molecule has 0 unspecified atom stereocenters. The van der Waals surface area contributed by atoms with Crippen LogP contribution >= 0.6 is 11.6 Å². The molecule has 2 aromatic rings. The standard InChI is InChI=1S/C15H11ClF3NO3/c1-22-13-6-8(2-5-12(13)23-15(18)19)14(21)20-9-3-4-11(17)10(16)7-9/h2-7,15H,1H3,(H,20,21). The van der Waals surface area contributed by atoms with Crippen molar-refractivity contribution in [2.75, 3.05) is 12.4 Å². The summed E-state index contributed by atoms with van der Waals surface area (Å²) in [4.78, 5) is 12.1. The monoisotopic (exact) mass is 345 g/mol.